The average molecular weight is 615 g/mol. The van der Waals surface area contributed by atoms with Gasteiger partial charge in [-0.2, -0.15) is 0 Å². The van der Waals surface area contributed by atoms with Crippen LogP contribution in [-0.2, 0) is 19.0 Å². The van der Waals surface area contributed by atoms with E-state index in [0.717, 1.165) is 45.6 Å². The van der Waals surface area contributed by atoms with Crippen LogP contribution in [0, 0.1) is 0 Å². The van der Waals surface area contributed by atoms with E-state index >= 15 is 0 Å². The van der Waals surface area contributed by atoms with Gasteiger partial charge in [-0.1, -0.05) is 84.9 Å². The first-order valence-corrected chi connectivity index (χ1v) is 14.7. The number of carbonyl (C=O) groups is 1. The zero-order valence-corrected chi connectivity index (χ0v) is 27.1. The third-order valence-corrected chi connectivity index (χ3v) is 6.48. The molecule has 45 heavy (non-hydrogen) atoms. The van der Waals surface area contributed by atoms with E-state index in [1.165, 1.54) is 0 Å². The largest absolute Gasteiger partial charge is 0.497 e. The van der Waals surface area contributed by atoms with Crippen molar-refractivity contribution in [2.45, 2.75) is 32.0 Å². The first-order valence-electron chi connectivity index (χ1n) is 14.7. The molecule has 0 aliphatic heterocycles. The lowest BCUT2D eigenvalue weighted by atomic mass is 9.93. The molecule has 0 fully saturated rings. The van der Waals surface area contributed by atoms with Gasteiger partial charge in [-0.15, -0.1) is 0 Å². The van der Waals surface area contributed by atoms with Crippen LogP contribution in [0.1, 0.15) is 42.0 Å². The molecule has 0 aromatic heterocycles. The Morgan fingerprint density at radius 1 is 0.644 bits per heavy atom. The van der Waals surface area contributed by atoms with Gasteiger partial charge in [0, 0.05) is 19.8 Å². The van der Waals surface area contributed by atoms with Crippen molar-refractivity contribution in [3.05, 3.63) is 138 Å². The first kappa shape index (κ1) is 36.8. The standard InChI is InChI=1S/C19H22O3.C15H14O2.C4H10O2/c1-15(13-20-2)22-14-19(16-7-5-4-6-8-16)17-9-11-18(21-3)12-10-17;1-17-14-9-7-13(8-10-14)15(11-16)12-5-3-2-4-6-12;1-4(5)3-6-2/h4-12,14-15H,13H2,1-3H3;2-11,15H,1H3;4-5H,3H2,1-2H3/b19-14+;;. The lowest BCUT2D eigenvalue weighted by molar-refractivity contribution is -0.108. The van der Waals surface area contributed by atoms with Crippen molar-refractivity contribution in [3.8, 4) is 11.5 Å². The maximum atomic E-state index is 11.2. The van der Waals surface area contributed by atoms with Crippen LogP contribution >= 0.6 is 0 Å². The summed E-state index contributed by atoms with van der Waals surface area (Å²) in [7, 11) is 6.53. The Bertz CT molecular complexity index is 1350. The minimum Gasteiger partial charge on any atom is -0.497 e. The molecule has 0 aliphatic carbocycles. The normalized spacial score (nSPS) is 12.6. The van der Waals surface area contributed by atoms with Crippen LogP contribution < -0.4 is 9.47 Å². The highest BCUT2D eigenvalue weighted by molar-refractivity contribution is 5.79. The molecule has 7 heteroatoms. The molecule has 0 aliphatic rings. The Balaban J connectivity index is 0.000000272. The lowest BCUT2D eigenvalue weighted by Gasteiger charge is -2.14. The maximum absolute atomic E-state index is 11.2. The Morgan fingerprint density at radius 3 is 1.56 bits per heavy atom. The molecule has 4 aromatic carbocycles. The van der Waals surface area contributed by atoms with Crippen molar-refractivity contribution in [1.29, 1.82) is 0 Å². The maximum Gasteiger partial charge on any atom is 0.131 e. The number of aliphatic hydroxyl groups excluding tert-OH is 1. The predicted octanol–water partition coefficient (Wildman–Crippen LogP) is 7.18. The predicted molar refractivity (Wildman–Crippen MR) is 180 cm³/mol. The summed E-state index contributed by atoms with van der Waals surface area (Å²) in [5, 5.41) is 8.43. The summed E-state index contributed by atoms with van der Waals surface area (Å²) in [4.78, 5) is 11.2. The van der Waals surface area contributed by atoms with Gasteiger partial charge in [0.15, 0.2) is 0 Å². The van der Waals surface area contributed by atoms with Gasteiger partial charge < -0.3 is 33.6 Å². The summed E-state index contributed by atoms with van der Waals surface area (Å²) in [5.41, 5.74) is 5.21. The van der Waals surface area contributed by atoms with Crippen molar-refractivity contribution in [1.82, 2.24) is 0 Å². The quantitative estimate of drug-likeness (QED) is 0.126. The van der Waals surface area contributed by atoms with E-state index in [4.69, 9.17) is 24.1 Å². The van der Waals surface area contributed by atoms with E-state index in [0.29, 0.717) is 13.2 Å². The number of hydrogen-bond donors (Lipinski definition) is 1. The third-order valence-electron chi connectivity index (χ3n) is 6.48. The van der Waals surface area contributed by atoms with Gasteiger partial charge in [-0.3, -0.25) is 0 Å². The van der Waals surface area contributed by atoms with Crippen molar-refractivity contribution in [3.63, 3.8) is 0 Å². The summed E-state index contributed by atoms with van der Waals surface area (Å²) in [5.74, 6) is 1.43. The van der Waals surface area contributed by atoms with Crippen LogP contribution in [0.2, 0.25) is 0 Å². The summed E-state index contributed by atoms with van der Waals surface area (Å²) in [6.45, 7) is 4.65. The Hall–Kier alpha value is -4.43. The number of benzene rings is 4. The zero-order valence-electron chi connectivity index (χ0n) is 27.1. The molecule has 0 radical (unpaired) electrons. The second kappa shape index (κ2) is 21.3. The van der Waals surface area contributed by atoms with Crippen LogP contribution in [0.25, 0.3) is 5.57 Å². The third kappa shape index (κ3) is 13.4. The van der Waals surface area contributed by atoms with Crippen molar-refractivity contribution >= 4 is 11.9 Å². The van der Waals surface area contributed by atoms with Crippen LogP contribution in [0.15, 0.2) is 115 Å². The van der Waals surface area contributed by atoms with Crippen LogP contribution in [0.4, 0.5) is 0 Å². The monoisotopic (exact) mass is 614 g/mol. The van der Waals surface area contributed by atoms with Crippen LogP contribution in [-0.4, -0.2) is 65.3 Å². The molecular formula is C38H46O7. The van der Waals surface area contributed by atoms with Crippen LogP contribution in [0.3, 0.4) is 0 Å². The number of rotatable bonds is 13. The highest BCUT2D eigenvalue weighted by Crippen LogP contribution is 2.26. The SMILES string of the molecule is COCC(C)O.COCC(C)O/C=C(\c1ccccc1)c1ccc(OC)cc1.COc1ccc(C(C=O)c2ccccc2)cc1. The van der Waals surface area contributed by atoms with E-state index < -0.39 is 0 Å². The average Bonchev–Trinajstić information content (AvgIpc) is 3.07. The summed E-state index contributed by atoms with van der Waals surface area (Å²) >= 11 is 0. The van der Waals surface area contributed by atoms with Gasteiger partial charge in [-0.05, 0) is 60.4 Å². The van der Waals surface area contributed by atoms with Crippen molar-refractivity contribution in [2.75, 3.05) is 41.7 Å². The summed E-state index contributed by atoms with van der Waals surface area (Å²) in [6.07, 6.45) is 2.45. The molecule has 0 saturated heterocycles. The molecule has 0 bridgehead atoms. The first-order chi connectivity index (χ1) is 21.9. The van der Waals surface area contributed by atoms with Crippen molar-refractivity contribution < 1.29 is 33.6 Å². The topological polar surface area (TPSA) is 83.5 Å². The molecule has 0 amide bonds. The number of hydrogen-bond acceptors (Lipinski definition) is 7. The zero-order chi connectivity index (χ0) is 32.9. The minimum absolute atomic E-state index is 0.00182. The van der Waals surface area contributed by atoms with Crippen molar-refractivity contribution in [2.24, 2.45) is 0 Å². The van der Waals surface area contributed by atoms with Gasteiger partial charge in [0.2, 0.25) is 0 Å². The molecule has 240 valence electrons. The minimum atomic E-state index is -0.324. The molecule has 1 N–H and O–H groups in total. The lowest BCUT2D eigenvalue weighted by Crippen LogP contribution is -2.11. The van der Waals surface area contributed by atoms with Crippen LogP contribution in [0.5, 0.6) is 11.5 Å². The molecule has 4 rings (SSSR count). The molecule has 3 atom stereocenters. The fourth-order valence-electron chi connectivity index (χ4n) is 4.21. The number of aldehydes is 1. The van der Waals surface area contributed by atoms with Gasteiger partial charge in [0.05, 0.1) is 45.7 Å². The number of aliphatic hydroxyl groups is 1. The Labute approximate surface area is 268 Å². The smallest absolute Gasteiger partial charge is 0.131 e. The molecule has 4 aromatic rings. The van der Waals surface area contributed by atoms with Gasteiger partial charge in [0.25, 0.3) is 0 Å². The summed E-state index contributed by atoms with van der Waals surface area (Å²) < 4.78 is 25.8. The highest BCUT2D eigenvalue weighted by atomic mass is 16.5. The molecule has 3 unspecified atom stereocenters. The Kier molecular flexibility index (Phi) is 17.4. The Morgan fingerprint density at radius 2 is 1.11 bits per heavy atom. The molecule has 7 nitrogen and oxygen atoms in total. The summed E-state index contributed by atoms with van der Waals surface area (Å²) in [6, 6.07) is 35.5. The number of ether oxygens (including phenoxy) is 5. The fourth-order valence-corrected chi connectivity index (χ4v) is 4.21. The number of carbonyl (C=O) groups excluding carboxylic acids is 1. The van der Waals surface area contributed by atoms with Gasteiger partial charge in [0.1, 0.15) is 23.9 Å². The molecule has 0 heterocycles. The van der Waals surface area contributed by atoms with E-state index in [2.05, 4.69) is 16.9 Å². The van der Waals surface area contributed by atoms with E-state index in [9.17, 15) is 4.79 Å². The van der Waals surface area contributed by atoms with E-state index in [1.54, 1.807) is 41.6 Å². The van der Waals surface area contributed by atoms with E-state index in [1.807, 2.05) is 104 Å². The van der Waals surface area contributed by atoms with E-state index in [-0.39, 0.29) is 18.1 Å². The van der Waals surface area contributed by atoms with Gasteiger partial charge >= 0.3 is 0 Å². The fraction of sp³-hybridized carbons (Fsp3) is 0.289. The second-order valence-electron chi connectivity index (χ2n) is 10.1. The highest BCUT2D eigenvalue weighted by Gasteiger charge is 2.12. The number of methoxy groups -OCH3 is 4. The van der Waals surface area contributed by atoms with Gasteiger partial charge in [-0.25, -0.2) is 0 Å². The second-order valence-corrected chi connectivity index (χ2v) is 10.1. The molecule has 0 spiro atoms. The molecule has 0 saturated carbocycles. The molecular weight excluding hydrogens is 568 g/mol.